The topological polar surface area (TPSA) is 78.9 Å². The Morgan fingerprint density at radius 3 is 2.38 bits per heavy atom. The number of esters is 1. The van der Waals surface area contributed by atoms with Gasteiger partial charge >= 0.3 is 5.97 Å². The first kappa shape index (κ1) is 18.7. The molecule has 1 aliphatic carbocycles. The molecule has 2 aliphatic rings. The van der Waals surface area contributed by atoms with E-state index in [1.54, 1.807) is 4.90 Å². The predicted octanol–water partition coefficient (Wildman–Crippen LogP) is 1.62. The minimum atomic E-state index is -1.01. The van der Waals surface area contributed by atoms with Gasteiger partial charge in [-0.05, 0) is 38.1 Å². The summed E-state index contributed by atoms with van der Waals surface area (Å²) in [5, 5.41) is 3.02. The summed E-state index contributed by atoms with van der Waals surface area (Å²) in [7, 11) is 3.29. The molecule has 0 spiro atoms. The van der Waals surface area contributed by atoms with Crippen LogP contribution in [0.2, 0.25) is 5.02 Å². The number of nitrogens with zero attached hydrogens (tertiary/aromatic N) is 2. The van der Waals surface area contributed by atoms with Crippen LogP contribution in [-0.2, 0) is 14.3 Å². The third-order valence-electron chi connectivity index (χ3n) is 5.02. The number of likely N-dealkylation sites (N-methyl/N-ethyl adjacent to an activating group) is 1. The van der Waals surface area contributed by atoms with E-state index in [1.807, 2.05) is 7.05 Å². The number of ether oxygens (including phenoxy) is 1. The Bertz CT molecular complexity index is 740. The van der Waals surface area contributed by atoms with Gasteiger partial charge in [-0.25, -0.2) is 4.79 Å². The number of benzene rings is 1. The highest BCUT2D eigenvalue weighted by molar-refractivity contribution is 6.34. The molecule has 0 radical (unpaired) electrons. The molecule has 0 unspecified atom stereocenters. The zero-order chi connectivity index (χ0) is 18.9. The van der Waals surface area contributed by atoms with Gasteiger partial charge in [0.05, 0.1) is 23.4 Å². The summed E-state index contributed by atoms with van der Waals surface area (Å²) in [5.41, 5.74) is -0.431. The molecule has 2 amide bonds. The third kappa shape index (κ3) is 3.54. The molecule has 1 aromatic rings. The first-order valence-corrected chi connectivity index (χ1v) is 8.92. The summed E-state index contributed by atoms with van der Waals surface area (Å²) >= 11 is 6.14. The number of methoxy groups -OCH3 is 1. The largest absolute Gasteiger partial charge is 0.465 e. The molecule has 26 heavy (non-hydrogen) atoms. The van der Waals surface area contributed by atoms with Gasteiger partial charge in [-0.15, -0.1) is 0 Å². The second-order valence-corrected chi connectivity index (χ2v) is 7.23. The molecule has 1 aliphatic heterocycles. The van der Waals surface area contributed by atoms with Crippen LogP contribution < -0.4 is 5.32 Å². The molecular formula is C18H22ClN3O4. The van der Waals surface area contributed by atoms with Gasteiger partial charge in [-0.1, -0.05) is 11.6 Å². The van der Waals surface area contributed by atoms with Crippen LogP contribution in [0.5, 0.6) is 0 Å². The molecule has 140 valence electrons. The van der Waals surface area contributed by atoms with Crippen LogP contribution >= 0.6 is 11.6 Å². The lowest BCUT2D eigenvalue weighted by Gasteiger charge is -2.34. The van der Waals surface area contributed by atoms with Crippen molar-refractivity contribution in [3.8, 4) is 0 Å². The fourth-order valence-electron chi connectivity index (χ4n) is 3.08. The molecule has 1 heterocycles. The van der Waals surface area contributed by atoms with Gasteiger partial charge in [0.1, 0.15) is 5.41 Å². The number of amides is 2. The van der Waals surface area contributed by atoms with Crippen LogP contribution in [0, 0.1) is 5.41 Å². The van der Waals surface area contributed by atoms with Crippen LogP contribution in [0.3, 0.4) is 0 Å². The Morgan fingerprint density at radius 2 is 1.81 bits per heavy atom. The Hall–Kier alpha value is -2.12. The monoisotopic (exact) mass is 379 g/mol. The van der Waals surface area contributed by atoms with E-state index in [9.17, 15) is 14.4 Å². The number of anilines is 1. The molecule has 1 saturated heterocycles. The molecular weight excluding hydrogens is 358 g/mol. The number of nitrogens with one attached hydrogen (secondary N) is 1. The van der Waals surface area contributed by atoms with Crippen molar-refractivity contribution in [1.82, 2.24) is 9.80 Å². The van der Waals surface area contributed by atoms with Gasteiger partial charge in [-0.2, -0.15) is 0 Å². The van der Waals surface area contributed by atoms with Crippen LogP contribution in [0.15, 0.2) is 18.2 Å². The van der Waals surface area contributed by atoms with Crippen molar-refractivity contribution in [3.05, 3.63) is 28.8 Å². The summed E-state index contributed by atoms with van der Waals surface area (Å²) in [5.74, 6) is -1.01. The Labute approximate surface area is 157 Å². The second kappa shape index (κ2) is 7.25. The van der Waals surface area contributed by atoms with E-state index < -0.39 is 11.4 Å². The molecule has 7 nitrogen and oxygen atoms in total. The van der Waals surface area contributed by atoms with E-state index in [0.29, 0.717) is 36.6 Å². The van der Waals surface area contributed by atoms with Gasteiger partial charge in [0, 0.05) is 26.2 Å². The normalized spacial score (nSPS) is 19.0. The minimum Gasteiger partial charge on any atom is -0.465 e. The smallest absolute Gasteiger partial charge is 0.337 e. The third-order valence-corrected chi connectivity index (χ3v) is 5.35. The number of hydrogen-bond acceptors (Lipinski definition) is 5. The number of hydrogen-bond donors (Lipinski definition) is 1. The molecule has 3 rings (SSSR count). The summed E-state index contributed by atoms with van der Waals surface area (Å²) in [6.45, 7) is 2.86. The number of carbonyl (C=O) groups is 3. The van der Waals surface area contributed by atoms with E-state index >= 15 is 0 Å². The highest BCUT2D eigenvalue weighted by Crippen LogP contribution is 2.48. The van der Waals surface area contributed by atoms with Crippen LogP contribution in [0.25, 0.3) is 0 Å². The summed E-state index contributed by atoms with van der Waals surface area (Å²) in [4.78, 5) is 41.3. The van der Waals surface area contributed by atoms with Crippen LogP contribution in [-0.4, -0.2) is 67.9 Å². The Balaban J connectivity index is 1.73. The highest BCUT2D eigenvalue weighted by Gasteiger charge is 2.58. The predicted molar refractivity (Wildman–Crippen MR) is 97.2 cm³/mol. The summed E-state index contributed by atoms with van der Waals surface area (Å²) in [6, 6.07) is 4.50. The SMILES string of the molecule is COC(=O)c1ccc(Cl)c(NC(=O)C2(C(=O)N3CCN(C)CC3)CC2)c1. The lowest BCUT2D eigenvalue weighted by molar-refractivity contribution is -0.143. The van der Waals surface area contributed by atoms with E-state index in [1.165, 1.54) is 25.3 Å². The first-order valence-electron chi connectivity index (χ1n) is 8.54. The Kier molecular flexibility index (Phi) is 5.20. The standard InChI is InChI=1S/C18H22ClN3O4/c1-21-7-9-22(10-8-21)17(25)18(5-6-18)16(24)20-14-11-12(15(23)26-2)3-4-13(14)19/h3-4,11H,5-10H2,1-2H3,(H,20,24). The molecule has 0 bridgehead atoms. The highest BCUT2D eigenvalue weighted by atomic mass is 35.5. The van der Waals surface area contributed by atoms with Crippen molar-refractivity contribution < 1.29 is 19.1 Å². The first-order chi connectivity index (χ1) is 12.4. The lowest BCUT2D eigenvalue weighted by Crippen LogP contribution is -2.51. The average molecular weight is 380 g/mol. The fraction of sp³-hybridized carbons (Fsp3) is 0.500. The number of piperazine rings is 1. The molecule has 1 saturated carbocycles. The van der Waals surface area contributed by atoms with E-state index in [2.05, 4.69) is 15.0 Å². The van der Waals surface area contributed by atoms with Crippen molar-refractivity contribution in [3.63, 3.8) is 0 Å². The summed E-state index contributed by atoms with van der Waals surface area (Å²) < 4.78 is 4.68. The lowest BCUT2D eigenvalue weighted by atomic mass is 10.0. The second-order valence-electron chi connectivity index (χ2n) is 6.82. The zero-order valence-electron chi connectivity index (χ0n) is 14.9. The van der Waals surface area contributed by atoms with E-state index in [-0.39, 0.29) is 17.4 Å². The van der Waals surface area contributed by atoms with Gasteiger partial charge in [0.2, 0.25) is 11.8 Å². The molecule has 0 aromatic heterocycles. The van der Waals surface area contributed by atoms with Gasteiger partial charge in [0.15, 0.2) is 0 Å². The fourth-order valence-corrected chi connectivity index (χ4v) is 3.25. The van der Waals surface area contributed by atoms with Crippen molar-refractivity contribution >= 4 is 35.1 Å². The molecule has 1 aromatic carbocycles. The van der Waals surface area contributed by atoms with Crippen molar-refractivity contribution in [2.45, 2.75) is 12.8 Å². The van der Waals surface area contributed by atoms with Gasteiger partial charge < -0.3 is 19.9 Å². The maximum absolute atomic E-state index is 12.9. The Morgan fingerprint density at radius 1 is 1.15 bits per heavy atom. The molecule has 2 fully saturated rings. The molecule has 8 heteroatoms. The zero-order valence-corrected chi connectivity index (χ0v) is 15.6. The number of halogens is 1. The van der Waals surface area contributed by atoms with Gasteiger partial charge in [0.25, 0.3) is 0 Å². The summed E-state index contributed by atoms with van der Waals surface area (Å²) in [6.07, 6.45) is 1.05. The van der Waals surface area contributed by atoms with Crippen molar-refractivity contribution in [2.75, 3.05) is 45.7 Å². The van der Waals surface area contributed by atoms with Crippen molar-refractivity contribution in [2.24, 2.45) is 5.41 Å². The molecule has 0 atom stereocenters. The number of carbonyl (C=O) groups excluding carboxylic acids is 3. The van der Waals surface area contributed by atoms with Crippen LogP contribution in [0.1, 0.15) is 23.2 Å². The maximum Gasteiger partial charge on any atom is 0.337 e. The van der Waals surface area contributed by atoms with Crippen LogP contribution in [0.4, 0.5) is 5.69 Å². The van der Waals surface area contributed by atoms with E-state index in [0.717, 1.165) is 13.1 Å². The molecule has 1 N–H and O–H groups in total. The average Bonchev–Trinajstić information content (AvgIpc) is 3.45. The van der Waals surface area contributed by atoms with Gasteiger partial charge in [-0.3, -0.25) is 9.59 Å². The number of rotatable bonds is 4. The maximum atomic E-state index is 12.9. The van der Waals surface area contributed by atoms with Crippen molar-refractivity contribution in [1.29, 1.82) is 0 Å². The minimum absolute atomic E-state index is 0.122. The quantitative estimate of drug-likeness (QED) is 0.635. The van der Waals surface area contributed by atoms with E-state index in [4.69, 9.17) is 11.6 Å².